The van der Waals surface area contributed by atoms with E-state index in [9.17, 15) is 4.79 Å². The van der Waals surface area contributed by atoms with E-state index in [1.807, 2.05) is 44.2 Å². The Bertz CT molecular complexity index is 879. The highest BCUT2D eigenvalue weighted by atomic mass is 32.1. The first-order chi connectivity index (χ1) is 12.1. The number of hydrogen-bond acceptors (Lipinski definition) is 7. The largest absolute Gasteiger partial charge is 0.398 e. The van der Waals surface area contributed by atoms with Gasteiger partial charge in [-0.05, 0) is 43.2 Å². The second kappa shape index (κ2) is 7.85. The summed E-state index contributed by atoms with van der Waals surface area (Å²) in [5, 5.41) is 3.53. The molecule has 3 rings (SSSR count). The molecule has 7 heteroatoms. The Morgan fingerprint density at radius 3 is 2.92 bits per heavy atom. The first-order valence-electron chi connectivity index (χ1n) is 7.97. The van der Waals surface area contributed by atoms with Gasteiger partial charge in [-0.1, -0.05) is 24.3 Å². The summed E-state index contributed by atoms with van der Waals surface area (Å²) in [6.07, 6.45) is 4.55. The van der Waals surface area contributed by atoms with E-state index in [0.29, 0.717) is 17.4 Å². The smallest absolute Gasteiger partial charge is 0.313 e. The van der Waals surface area contributed by atoms with E-state index in [-0.39, 0.29) is 5.97 Å². The molecule has 3 aromatic heterocycles. The fraction of sp³-hybridized carbons (Fsp3) is 0.222. The molecule has 0 atom stereocenters. The fourth-order valence-corrected chi connectivity index (χ4v) is 2.91. The molecule has 0 unspecified atom stereocenters. The van der Waals surface area contributed by atoms with Crippen molar-refractivity contribution in [1.82, 2.24) is 15.0 Å². The van der Waals surface area contributed by atoms with Crippen molar-refractivity contribution in [3.8, 4) is 15.8 Å². The van der Waals surface area contributed by atoms with Gasteiger partial charge in [-0.2, -0.15) is 0 Å². The summed E-state index contributed by atoms with van der Waals surface area (Å²) in [7, 11) is 0. The molecule has 25 heavy (non-hydrogen) atoms. The van der Waals surface area contributed by atoms with Gasteiger partial charge < -0.3 is 10.1 Å². The molecule has 0 aliphatic rings. The van der Waals surface area contributed by atoms with E-state index < -0.39 is 0 Å². The molecule has 3 aromatic rings. The lowest BCUT2D eigenvalue weighted by atomic mass is 10.3. The van der Waals surface area contributed by atoms with Gasteiger partial charge in [0.15, 0.2) is 0 Å². The third-order valence-corrected chi connectivity index (χ3v) is 4.21. The number of rotatable bonds is 6. The van der Waals surface area contributed by atoms with Crippen LogP contribution in [0.1, 0.15) is 25.3 Å². The lowest BCUT2D eigenvalue weighted by Gasteiger charge is -2.06. The molecule has 6 nitrogen and oxygen atoms in total. The maximum atomic E-state index is 11.6. The van der Waals surface area contributed by atoms with Crippen LogP contribution >= 0.6 is 11.3 Å². The summed E-state index contributed by atoms with van der Waals surface area (Å²) in [6, 6.07) is 9.56. The zero-order chi connectivity index (χ0) is 17.6. The lowest BCUT2D eigenvalue weighted by Crippen LogP contribution is -2.06. The molecule has 0 aliphatic heterocycles. The van der Waals surface area contributed by atoms with Gasteiger partial charge >= 0.3 is 5.97 Å². The number of carbonyl (C=O) groups is 1. The average Bonchev–Trinajstić information content (AvgIpc) is 3.04. The molecule has 1 N–H and O–H groups in total. The van der Waals surface area contributed by atoms with Crippen molar-refractivity contribution in [1.29, 1.82) is 0 Å². The minimum absolute atomic E-state index is 0.266. The Balaban J connectivity index is 1.75. The van der Waals surface area contributed by atoms with Crippen molar-refractivity contribution in [3.05, 3.63) is 48.3 Å². The summed E-state index contributed by atoms with van der Waals surface area (Å²) in [6.45, 7) is 3.94. The Hall–Kier alpha value is -2.80. The van der Waals surface area contributed by atoms with E-state index in [2.05, 4.69) is 20.3 Å². The van der Waals surface area contributed by atoms with Crippen molar-refractivity contribution in [2.75, 3.05) is 5.32 Å². The number of thiazole rings is 1. The summed E-state index contributed by atoms with van der Waals surface area (Å²) < 4.78 is 5.21. The number of hydrogen-bond donors (Lipinski definition) is 1. The average molecular weight is 354 g/mol. The topological polar surface area (TPSA) is 77.0 Å². The number of aromatic nitrogens is 3. The van der Waals surface area contributed by atoms with Crippen LogP contribution in [0.4, 0.5) is 11.6 Å². The molecule has 0 saturated carbocycles. The van der Waals surface area contributed by atoms with Crippen LogP contribution in [0.5, 0.6) is 5.19 Å². The third kappa shape index (κ3) is 4.60. The van der Waals surface area contributed by atoms with Crippen molar-refractivity contribution < 1.29 is 9.53 Å². The highest BCUT2D eigenvalue weighted by molar-refractivity contribution is 7.16. The second-order valence-corrected chi connectivity index (χ2v) is 6.46. The fourth-order valence-electron chi connectivity index (χ4n) is 2.15. The molecule has 0 spiro atoms. The molecule has 0 amide bonds. The van der Waals surface area contributed by atoms with Crippen LogP contribution in [0.25, 0.3) is 10.6 Å². The van der Waals surface area contributed by atoms with Crippen LogP contribution in [0.3, 0.4) is 0 Å². The highest BCUT2D eigenvalue weighted by Gasteiger charge is 2.11. The molecule has 0 fully saturated rings. The van der Waals surface area contributed by atoms with E-state index >= 15 is 0 Å². The lowest BCUT2D eigenvalue weighted by molar-refractivity contribution is -0.134. The van der Waals surface area contributed by atoms with Crippen molar-refractivity contribution >= 4 is 28.9 Å². The molecule has 0 bridgehead atoms. The van der Waals surface area contributed by atoms with Gasteiger partial charge in [0.05, 0.1) is 16.8 Å². The first kappa shape index (κ1) is 17.0. The standard InChI is InChI=1S/C18H18N4O2S/c1-3-5-17(23)24-18-20-11-14(25-18)13-6-4-7-15(21-13)22-16-10-12(2)8-9-19-16/h4,6-11H,3,5H2,1-2H3,(H,19,21,22). The van der Waals surface area contributed by atoms with Crippen LogP contribution in [0.2, 0.25) is 0 Å². The molecule has 128 valence electrons. The zero-order valence-electron chi connectivity index (χ0n) is 14.0. The normalized spacial score (nSPS) is 10.5. The molecule has 0 radical (unpaired) electrons. The maximum Gasteiger partial charge on any atom is 0.313 e. The van der Waals surface area contributed by atoms with Crippen LogP contribution < -0.4 is 10.1 Å². The van der Waals surface area contributed by atoms with Crippen LogP contribution in [-0.4, -0.2) is 20.9 Å². The van der Waals surface area contributed by atoms with E-state index in [1.165, 1.54) is 11.3 Å². The number of pyridine rings is 2. The number of carbonyl (C=O) groups excluding carboxylic acids is 1. The van der Waals surface area contributed by atoms with Gasteiger partial charge in [0.1, 0.15) is 11.6 Å². The monoisotopic (exact) mass is 354 g/mol. The summed E-state index contributed by atoms with van der Waals surface area (Å²) in [4.78, 5) is 25.4. The number of nitrogens with one attached hydrogen (secondary N) is 1. The van der Waals surface area contributed by atoms with Crippen molar-refractivity contribution in [2.24, 2.45) is 0 Å². The summed E-state index contributed by atoms with van der Waals surface area (Å²) in [5.74, 6) is 1.16. The minimum Gasteiger partial charge on any atom is -0.398 e. The van der Waals surface area contributed by atoms with E-state index in [0.717, 1.165) is 28.4 Å². The van der Waals surface area contributed by atoms with Gasteiger partial charge in [0.2, 0.25) is 0 Å². The number of ether oxygens (including phenoxy) is 1. The van der Waals surface area contributed by atoms with E-state index in [1.54, 1.807) is 12.4 Å². The summed E-state index contributed by atoms with van der Waals surface area (Å²) >= 11 is 1.30. The van der Waals surface area contributed by atoms with Crippen LogP contribution in [-0.2, 0) is 4.79 Å². The predicted octanol–water partition coefficient (Wildman–Crippen LogP) is 4.36. The minimum atomic E-state index is -0.266. The van der Waals surface area contributed by atoms with E-state index in [4.69, 9.17) is 4.74 Å². The number of nitrogens with zero attached hydrogens (tertiary/aromatic N) is 3. The van der Waals surface area contributed by atoms with Gasteiger partial charge in [-0.25, -0.2) is 15.0 Å². The number of aryl methyl sites for hydroxylation is 1. The Morgan fingerprint density at radius 1 is 1.24 bits per heavy atom. The molecule has 3 heterocycles. The van der Waals surface area contributed by atoms with Gasteiger partial charge in [0.25, 0.3) is 5.19 Å². The third-order valence-electron chi connectivity index (χ3n) is 3.31. The Kier molecular flexibility index (Phi) is 5.35. The highest BCUT2D eigenvalue weighted by Crippen LogP contribution is 2.30. The Morgan fingerprint density at radius 2 is 2.12 bits per heavy atom. The molecular weight excluding hydrogens is 336 g/mol. The molecule has 0 saturated heterocycles. The van der Waals surface area contributed by atoms with Crippen molar-refractivity contribution in [3.63, 3.8) is 0 Å². The maximum absolute atomic E-state index is 11.6. The number of anilines is 2. The predicted molar refractivity (Wildman–Crippen MR) is 98.1 cm³/mol. The quantitative estimate of drug-likeness (QED) is 0.663. The molecule has 0 aromatic carbocycles. The van der Waals surface area contributed by atoms with Crippen LogP contribution in [0, 0.1) is 6.92 Å². The summed E-state index contributed by atoms with van der Waals surface area (Å²) in [5.41, 5.74) is 1.88. The van der Waals surface area contributed by atoms with Gasteiger partial charge in [-0.15, -0.1) is 0 Å². The van der Waals surface area contributed by atoms with Gasteiger partial charge in [-0.3, -0.25) is 4.79 Å². The second-order valence-electron chi connectivity index (χ2n) is 5.47. The van der Waals surface area contributed by atoms with Crippen molar-refractivity contribution in [2.45, 2.75) is 26.7 Å². The molecular formula is C18H18N4O2S. The van der Waals surface area contributed by atoms with Gasteiger partial charge in [0, 0.05) is 12.6 Å². The van der Waals surface area contributed by atoms with Crippen LogP contribution in [0.15, 0.2) is 42.7 Å². The zero-order valence-corrected chi connectivity index (χ0v) is 14.8. The molecule has 0 aliphatic carbocycles. The Labute approximate surface area is 149 Å². The number of esters is 1. The first-order valence-corrected chi connectivity index (χ1v) is 8.79. The SMILES string of the molecule is CCCC(=O)Oc1ncc(-c2cccc(Nc3cc(C)ccn3)n2)s1.